The lowest BCUT2D eigenvalue weighted by Gasteiger charge is -2.32. The zero-order valence-electron chi connectivity index (χ0n) is 15.4. The van der Waals surface area contributed by atoms with Gasteiger partial charge in [0.1, 0.15) is 28.8 Å². The van der Waals surface area contributed by atoms with Crippen LogP contribution in [-0.4, -0.2) is 53.1 Å². The van der Waals surface area contributed by atoms with Crippen molar-refractivity contribution < 1.29 is 27.2 Å². The molecule has 3 rings (SSSR count). The zero-order valence-corrected chi connectivity index (χ0v) is 16.3. The number of quaternary nitrogens is 1. The second kappa shape index (κ2) is 8.24. The lowest BCUT2D eigenvalue weighted by Crippen LogP contribution is -3.13. The van der Waals surface area contributed by atoms with Gasteiger partial charge in [-0.3, -0.25) is 0 Å². The number of nitrogens with one attached hydrogen (secondary N) is 1. The van der Waals surface area contributed by atoms with Crippen LogP contribution >= 0.6 is 0 Å². The summed E-state index contributed by atoms with van der Waals surface area (Å²) in [5.41, 5.74) is 0.651. The molecule has 1 heterocycles. The van der Waals surface area contributed by atoms with Gasteiger partial charge in [-0.1, -0.05) is 18.2 Å². The molecule has 0 bridgehead atoms. The van der Waals surface area contributed by atoms with E-state index in [1.807, 2.05) is 6.07 Å². The normalized spacial score (nSPS) is 16.3. The largest absolute Gasteiger partial charge is 0.497 e. The lowest BCUT2D eigenvalue weighted by molar-refractivity contribution is -0.917. The highest BCUT2D eigenvalue weighted by molar-refractivity contribution is 7.89. The molecule has 0 amide bonds. The number of sulfonamides is 1. The molecule has 146 valence electrons. The van der Waals surface area contributed by atoms with Crippen LogP contribution < -0.4 is 14.4 Å². The third-order valence-electron chi connectivity index (χ3n) is 4.82. The fraction of sp³-hybridized carbons (Fsp3) is 0.368. The maximum absolute atomic E-state index is 13.8. The average Bonchev–Trinajstić information content (AvgIpc) is 2.69. The predicted molar refractivity (Wildman–Crippen MR) is 99.1 cm³/mol. The maximum atomic E-state index is 13.8. The lowest BCUT2D eigenvalue weighted by atomic mass is 10.2. The van der Waals surface area contributed by atoms with Crippen molar-refractivity contribution in [1.82, 2.24) is 4.31 Å². The summed E-state index contributed by atoms with van der Waals surface area (Å²) in [6.07, 6.45) is 0. The molecule has 0 spiro atoms. The quantitative estimate of drug-likeness (QED) is 0.791. The van der Waals surface area contributed by atoms with Crippen LogP contribution in [0.2, 0.25) is 0 Å². The van der Waals surface area contributed by atoms with E-state index < -0.39 is 10.0 Å². The van der Waals surface area contributed by atoms with E-state index in [4.69, 9.17) is 9.47 Å². The second-order valence-corrected chi connectivity index (χ2v) is 8.35. The smallest absolute Gasteiger partial charge is 0.247 e. The fourth-order valence-electron chi connectivity index (χ4n) is 3.26. The van der Waals surface area contributed by atoms with Crippen molar-refractivity contribution in [3.05, 3.63) is 53.8 Å². The summed E-state index contributed by atoms with van der Waals surface area (Å²) in [6, 6.07) is 11.4. The number of benzene rings is 2. The Morgan fingerprint density at radius 3 is 2.41 bits per heavy atom. The van der Waals surface area contributed by atoms with Crippen molar-refractivity contribution in [2.24, 2.45) is 0 Å². The highest BCUT2D eigenvalue weighted by atomic mass is 32.2. The molecule has 1 aliphatic heterocycles. The van der Waals surface area contributed by atoms with E-state index in [0.29, 0.717) is 44.0 Å². The van der Waals surface area contributed by atoms with Crippen LogP contribution in [0.25, 0.3) is 0 Å². The Hall–Kier alpha value is -2.16. The van der Waals surface area contributed by atoms with E-state index >= 15 is 0 Å². The minimum atomic E-state index is -3.70. The van der Waals surface area contributed by atoms with Crippen molar-refractivity contribution in [1.29, 1.82) is 0 Å². The van der Waals surface area contributed by atoms with Crippen LogP contribution in [0.3, 0.4) is 0 Å². The highest BCUT2D eigenvalue weighted by Crippen LogP contribution is 2.30. The summed E-state index contributed by atoms with van der Waals surface area (Å²) in [6.45, 7) is 2.50. The van der Waals surface area contributed by atoms with Gasteiger partial charge < -0.3 is 14.4 Å². The van der Waals surface area contributed by atoms with Gasteiger partial charge in [0.05, 0.1) is 40.4 Å². The molecule has 8 heteroatoms. The first-order chi connectivity index (χ1) is 13.0. The summed E-state index contributed by atoms with van der Waals surface area (Å²) in [7, 11) is -0.770. The standard InChI is InChI=1S/C19H23FN2O4S/c1-25-16-7-8-18(26-2)19(13-16)27(23,24)22-11-9-21(10-12-22)14-15-5-3-4-6-17(15)20/h3-8,13H,9-12,14H2,1-2H3/p+1. The molecule has 2 aromatic carbocycles. The molecular formula is C19H24FN2O4S+. The van der Waals surface area contributed by atoms with Gasteiger partial charge in [-0.2, -0.15) is 4.31 Å². The first-order valence-corrected chi connectivity index (χ1v) is 10.2. The molecule has 0 aliphatic carbocycles. The molecule has 6 nitrogen and oxygen atoms in total. The van der Waals surface area contributed by atoms with E-state index in [1.165, 1.54) is 30.7 Å². The molecule has 0 unspecified atom stereocenters. The van der Waals surface area contributed by atoms with Crippen molar-refractivity contribution in [3.8, 4) is 11.5 Å². The molecule has 1 aliphatic rings. The molecule has 0 atom stereocenters. The van der Waals surface area contributed by atoms with Crippen molar-refractivity contribution in [3.63, 3.8) is 0 Å². The minimum absolute atomic E-state index is 0.0990. The monoisotopic (exact) mass is 395 g/mol. The van der Waals surface area contributed by atoms with Gasteiger partial charge in [0.25, 0.3) is 0 Å². The fourth-order valence-corrected chi connectivity index (χ4v) is 4.87. The molecule has 1 fully saturated rings. The van der Waals surface area contributed by atoms with E-state index in [2.05, 4.69) is 0 Å². The summed E-state index contributed by atoms with van der Waals surface area (Å²) < 4.78 is 51.8. The average molecular weight is 395 g/mol. The Kier molecular flexibility index (Phi) is 5.98. The van der Waals surface area contributed by atoms with Crippen LogP contribution in [0.15, 0.2) is 47.4 Å². The Labute approximate surface area is 159 Å². The van der Waals surface area contributed by atoms with Gasteiger partial charge in [-0.25, -0.2) is 12.8 Å². The molecule has 1 saturated heterocycles. The molecule has 2 aromatic rings. The van der Waals surface area contributed by atoms with Gasteiger partial charge >= 0.3 is 0 Å². The van der Waals surface area contributed by atoms with Gasteiger partial charge in [0.2, 0.25) is 10.0 Å². The van der Waals surface area contributed by atoms with E-state index in [0.717, 1.165) is 4.90 Å². The third-order valence-corrected chi connectivity index (χ3v) is 6.74. The summed E-state index contributed by atoms with van der Waals surface area (Å²) >= 11 is 0. The van der Waals surface area contributed by atoms with Crippen molar-refractivity contribution in [2.45, 2.75) is 11.4 Å². The third kappa shape index (κ3) is 4.23. The molecule has 0 radical (unpaired) electrons. The topological polar surface area (TPSA) is 60.3 Å². The molecule has 1 N–H and O–H groups in total. The number of hydrogen-bond donors (Lipinski definition) is 1. The van der Waals surface area contributed by atoms with Crippen molar-refractivity contribution >= 4 is 10.0 Å². The van der Waals surface area contributed by atoms with Gasteiger partial charge in [-0.15, -0.1) is 0 Å². The van der Waals surface area contributed by atoms with Crippen LogP contribution in [0.5, 0.6) is 11.5 Å². The Balaban J connectivity index is 1.73. The number of halogens is 1. The second-order valence-electron chi connectivity index (χ2n) is 6.44. The van der Waals surface area contributed by atoms with Crippen LogP contribution in [-0.2, 0) is 16.6 Å². The molecule has 27 heavy (non-hydrogen) atoms. The number of piperazine rings is 1. The zero-order chi connectivity index (χ0) is 19.4. The van der Waals surface area contributed by atoms with Gasteiger partial charge in [0, 0.05) is 11.6 Å². The maximum Gasteiger partial charge on any atom is 0.247 e. The molecule has 0 aromatic heterocycles. The van der Waals surface area contributed by atoms with Crippen LogP contribution in [0.1, 0.15) is 5.56 Å². The van der Waals surface area contributed by atoms with E-state index in [-0.39, 0.29) is 16.5 Å². The Bertz CT molecular complexity index is 896. The number of ether oxygens (including phenoxy) is 2. The number of hydrogen-bond acceptors (Lipinski definition) is 4. The Morgan fingerprint density at radius 1 is 1.07 bits per heavy atom. The van der Waals surface area contributed by atoms with Gasteiger partial charge in [-0.05, 0) is 18.2 Å². The highest BCUT2D eigenvalue weighted by Gasteiger charge is 2.33. The molecule has 0 saturated carbocycles. The van der Waals surface area contributed by atoms with Gasteiger partial charge in [0.15, 0.2) is 0 Å². The van der Waals surface area contributed by atoms with E-state index in [9.17, 15) is 12.8 Å². The van der Waals surface area contributed by atoms with Crippen LogP contribution in [0, 0.1) is 5.82 Å². The predicted octanol–water partition coefficient (Wildman–Crippen LogP) is 0.932. The summed E-state index contributed by atoms with van der Waals surface area (Å²) in [5, 5.41) is 0. The molecular weight excluding hydrogens is 371 g/mol. The number of methoxy groups -OCH3 is 2. The first-order valence-electron chi connectivity index (χ1n) is 8.75. The SMILES string of the molecule is COc1ccc(OC)c(S(=O)(=O)N2CC[NH+](Cc3ccccc3F)CC2)c1. The number of nitrogens with zero attached hydrogens (tertiary/aromatic N) is 1. The van der Waals surface area contributed by atoms with Crippen LogP contribution in [0.4, 0.5) is 4.39 Å². The summed E-state index contributed by atoms with van der Waals surface area (Å²) in [5.74, 6) is 0.524. The first kappa shape index (κ1) is 19.6. The Morgan fingerprint density at radius 2 is 1.78 bits per heavy atom. The van der Waals surface area contributed by atoms with Crippen molar-refractivity contribution in [2.75, 3.05) is 40.4 Å². The number of rotatable bonds is 6. The summed E-state index contributed by atoms with van der Waals surface area (Å²) in [4.78, 5) is 1.26. The van der Waals surface area contributed by atoms with E-state index in [1.54, 1.807) is 24.3 Å². The minimum Gasteiger partial charge on any atom is -0.497 e.